The van der Waals surface area contributed by atoms with E-state index < -0.39 is 10.7 Å². The van der Waals surface area contributed by atoms with Crippen molar-refractivity contribution in [1.29, 1.82) is 0 Å². The van der Waals surface area contributed by atoms with Crippen LogP contribution in [0.25, 0.3) is 0 Å². The van der Waals surface area contributed by atoms with Gasteiger partial charge in [-0.15, -0.1) is 0 Å². The smallest absolute Gasteiger partial charge is 0.269 e. The highest BCUT2D eigenvalue weighted by molar-refractivity contribution is 5.46. The normalized spacial score (nSPS) is 10.3. The Balaban J connectivity index is 2.33. The maximum Gasteiger partial charge on any atom is 0.269 e. The monoisotopic (exact) mass is 276 g/mol. The Morgan fingerprint density at radius 1 is 1.25 bits per heavy atom. The van der Waals surface area contributed by atoms with Gasteiger partial charge >= 0.3 is 0 Å². The second-order valence-corrected chi connectivity index (χ2v) is 4.27. The van der Waals surface area contributed by atoms with Crippen LogP contribution in [0.4, 0.5) is 10.1 Å². The molecule has 20 heavy (non-hydrogen) atoms. The molecule has 2 aromatic rings. The second kappa shape index (κ2) is 5.66. The molecular weight excluding hydrogens is 263 g/mol. The fourth-order valence-corrected chi connectivity index (χ4v) is 1.79. The molecule has 2 rings (SSSR count). The molecule has 0 spiro atoms. The van der Waals surface area contributed by atoms with Gasteiger partial charge in [0, 0.05) is 24.2 Å². The number of nitro groups is 1. The van der Waals surface area contributed by atoms with Gasteiger partial charge in [0.15, 0.2) is 0 Å². The number of aryl methyl sites for hydroxylation is 1. The Hall–Kier alpha value is -2.47. The van der Waals surface area contributed by atoms with E-state index in [1.807, 2.05) is 0 Å². The number of rotatable bonds is 4. The first-order valence-electron chi connectivity index (χ1n) is 5.92. The third-order valence-corrected chi connectivity index (χ3v) is 2.83. The number of nitrogens with zero attached hydrogens (tertiary/aromatic N) is 1. The van der Waals surface area contributed by atoms with Crippen LogP contribution in [0.15, 0.2) is 36.4 Å². The molecule has 0 heterocycles. The lowest BCUT2D eigenvalue weighted by Gasteiger charge is -2.12. The summed E-state index contributed by atoms with van der Waals surface area (Å²) in [5.74, 6) is 0.515. The van der Waals surface area contributed by atoms with E-state index in [2.05, 4.69) is 0 Å². The zero-order chi connectivity index (χ0) is 14.7. The Bertz CT molecular complexity index is 659. The maximum absolute atomic E-state index is 13.1. The summed E-state index contributed by atoms with van der Waals surface area (Å²) in [7, 11) is 0. The third-order valence-electron chi connectivity index (χ3n) is 2.83. The van der Waals surface area contributed by atoms with E-state index in [9.17, 15) is 14.5 Å². The standard InChI is InChI=1S/C14H13FN2O3/c1-9-6-12(17(18)19)3-5-13(9)20-14-4-2-11(15)7-10(14)8-16/h2-7H,8,16H2,1H3. The van der Waals surface area contributed by atoms with Crippen molar-refractivity contribution >= 4 is 5.69 Å². The molecule has 0 saturated heterocycles. The summed E-state index contributed by atoms with van der Waals surface area (Å²) < 4.78 is 18.8. The molecule has 6 heteroatoms. The minimum Gasteiger partial charge on any atom is -0.457 e. The van der Waals surface area contributed by atoms with Crippen LogP contribution in [-0.2, 0) is 6.54 Å². The van der Waals surface area contributed by atoms with Crippen molar-refractivity contribution in [1.82, 2.24) is 0 Å². The lowest BCUT2D eigenvalue weighted by Crippen LogP contribution is -2.01. The van der Waals surface area contributed by atoms with Crippen molar-refractivity contribution in [2.75, 3.05) is 0 Å². The average Bonchev–Trinajstić information content (AvgIpc) is 2.42. The van der Waals surface area contributed by atoms with Crippen LogP contribution in [0.3, 0.4) is 0 Å². The number of hydrogen-bond acceptors (Lipinski definition) is 4. The van der Waals surface area contributed by atoms with E-state index >= 15 is 0 Å². The molecule has 0 aliphatic carbocycles. The molecule has 0 aliphatic rings. The van der Waals surface area contributed by atoms with Crippen LogP contribution in [-0.4, -0.2) is 4.92 Å². The van der Waals surface area contributed by atoms with Crippen LogP contribution in [0.2, 0.25) is 0 Å². The minimum absolute atomic E-state index is 0.00648. The number of benzene rings is 2. The van der Waals surface area contributed by atoms with Crippen LogP contribution in [0.1, 0.15) is 11.1 Å². The van der Waals surface area contributed by atoms with E-state index in [1.54, 1.807) is 6.92 Å². The van der Waals surface area contributed by atoms with Gasteiger partial charge in [0.05, 0.1) is 4.92 Å². The second-order valence-electron chi connectivity index (χ2n) is 4.27. The Morgan fingerprint density at radius 2 is 1.95 bits per heavy atom. The van der Waals surface area contributed by atoms with Gasteiger partial charge in [-0.25, -0.2) is 4.39 Å². The minimum atomic E-state index is -0.472. The molecule has 0 radical (unpaired) electrons. The van der Waals surface area contributed by atoms with E-state index in [-0.39, 0.29) is 12.2 Å². The molecule has 2 N–H and O–H groups in total. The lowest BCUT2D eigenvalue weighted by molar-refractivity contribution is -0.384. The molecule has 0 aromatic heterocycles. The van der Waals surface area contributed by atoms with Crippen LogP contribution >= 0.6 is 0 Å². The number of hydrogen-bond donors (Lipinski definition) is 1. The zero-order valence-corrected chi connectivity index (χ0v) is 10.8. The van der Waals surface area contributed by atoms with E-state index in [0.717, 1.165) is 0 Å². The van der Waals surface area contributed by atoms with Crippen LogP contribution in [0, 0.1) is 22.9 Å². The van der Waals surface area contributed by atoms with Crippen molar-refractivity contribution in [3.8, 4) is 11.5 Å². The predicted octanol–water partition coefficient (Wildman–Crippen LogP) is 3.29. The van der Waals surface area contributed by atoms with Crippen LogP contribution < -0.4 is 10.5 Å². The van der Waals surface area contributed by atoms with Crippen molar-refractivity contribution in [2.24, 2.45) is 5.73 Å². The highest BCUT2D eigenvalue weighted by atomic mass is 19.1. The van der Waals surface area contributed by atoms with Gasteiger partial charge in [-0.05, 0) is 36.8 Å². The molecule has 2 aromatic carbocycles. The number of nitro benzene ring substituents is 1. The van der Waals surface area contributed by atoms with Crippen LogP contribution in [0.5, 0.6) is 11.5 Å². The summed E-state index contributed by atoms with van der Waals surface area (Å²) in [6.07, 6.45) is 0. The van der Waals surface area contributed by atoms with Crippen molar-refractivity contribution < 1.29 is 14.1 Å². The lowest BCUT2D eigenvalue weighted by atomic mass is 10.1. The number of halogens is 1. The van der Waals surface area contributed by atoms with E-state index in [1.165, 1.54) is 36.4 Å². The largest absolute Gasteiger partial charge is 0.457 e. The summed E-state index contributed by atoms with van der Waals surface area (Å²) in [5.41, 5.74) is 6.68. The molecule has 5 nitrogen and oxygen atoms in total. The molecule has 0 unspecified atom stereocenters. The number of non-ortho nitro benzene ring substituents is 1. The summed E-state index contributed by atoms with van der Waals surface area (Å²) in [6.45, 7) is 1.84. The molecule has 0 fully saturated rings. The number of nitrogens with two attached hydrogens (primary N) is 1. The fourth-order valence-electron chi connectivity index (χ4n) is 1.79. The third kappa shape index (κ3) is 2.92. The molecule has 104 valence electrons. The Morgan fingerprint density at radius 3 is 2.55 bits per heavy atom. The average molecular weight is 276 g/mol. The van der Waals surface area contributed by atoms with E-state index in [0.29, 0.717) is 22.6 Å². The summed E-state index contributed by atoms with van der Waals surface area (Å²) in [6, 6.07) is 8.34. The SMILES string of the molecule is Cc1cc([N+](=O)[O-])ccc1Oc1ccc(F)cc1CN. The van der Waals surface area contributed by atoms with Gasteiger partial charge in [-0.1, -0.05) is 0 Å². The van der Waals surface area contributed by atoms with Crippen molar-refractivity contribution in [3.05, 3.63) is 63.5 Å². The first kappa shape index (κ1) is 14.0. The van der Waals surface area contributed by atoms with Crippen molar-refractivity contribution in [3.63, 3.8) is 0 Å². The van der Waals surface area contributed by atoms with Crippen molar-refractivity contribution in [2.45, 2.75) is 13.5 Å². The van der Waals surface area contributed by atoms with Gasteiger partial charge in [0.1, 0.15) is 17.3 Å². The topological polar surface area (TPSA) is 78.4 Å². The molecular formula is C14H13FN2O3. The quantitative estimate of drug-likeness (QED) is 0.686. The summed E-state index contributed by atoms with van der Waals surface area (Å²) in [4.78, 5) is 10.2. The Kier molecular flexibility index (Phi) is 3.95. The van der Waals surface area contributed by atoms with Gasteiger partial charge < -0.3 is 10.5 Å². The van der Waals surface area contributed by atoms with Gasteiger partial charge in [-0.2, -0.15) is 0 Å². The first-order valence-corrected chi connectivity index (χ1v) is 5.92. The molecule has 0 saturated carbocycles. The molecule has 0 amide bonds. The van der Waals surface area contributed by atoms with E-state index in [4.69, 9.17) is 10.5 Å². The molecule has 0 aliphatic heterocycles. The molecule has 0 bridgehead atoms. The zero-order valence-electron chi connectivity index (χ0n) is 10.8. The fraction of sp³-hybridized carbons (Fsp3) is 0.143. The van der Waals surface area contributed by atoms with Gasteiger partial charge in [0.25, 0.3) is 5.69 Å². The predicted molar refractivity (Wildman–Crippen MR) is 72.2 cm³/mol. The van der Waals surface area contributed by atoms with Gasteiger partial charge in [-0.3, -0.25) is 10.1 Å². The number of ether oxygens (including phenoxy) is 1. The highest BCUT2D eigenvalue weighted by Crippen LogP contribution is 2.30. The summed E-state index contributed by atoms with van der Waals surface area (Å²) >= 11 is 0. The maximum atomic E-state index is 13.1. The summed E-state index contributed by atoms with van der Waals surface area (Å²) in [5, 5.41) is 10.7. The first-order chi connectivity index (χ1) is 9.51. The Labute approximate surface area is 114 Å². The molecule has 0 atom stereocenters. The van der Waals surface area contributed by atoms with Gasteiger partial charge in [0.2, 0.25) is 0 Å². The highest BCUT2D eigenvalue weighted by Gasteiger charge is 2.11.